The topological polar surface area (TPSA) is 92.8 Å². The summed E-state index contributed by atoms with van der Waals surface area (Å²) < 4.78 is 41.3. The van der Waals surface area contributed by atoms with E-state index in [2.05, 4.69) is 5.32 Å². The highest BCUT2D eigenvalue weighted by Gasteiger charge is 2.39. The van der Waals surface area contributed by atoms with Gasteiger partial charge in [0.25, 0.3) is 5.91 Å². The fourth-order valence-electron chi connectivity index (χ4n) is 2.46. The van der Waals surface area contributed by atoms with Gasteiger partial charge >= 0.3 is 6.03 Å². The lowest BCUT2D eigenvalue weighted by Gasteiger charge is -2.22. The first kappa shape index (κ1) is 19.2. The smallest absolute Gasteiger partial charge is 0.324 e. The van der Waals surface area contributed by atoms with Gasteiger partial charge in [0.15, 0.2) is 0 Å². The lowest BCUT2D eigenvalue weighted by atomic mass is 10.2. The number of carbonyl (C=O) groups excluding carboxylic acids is 2. The van der Waals surface area contributed by atoms with E-state index in [1.165, 1.54) is 18.2 Å². The zero-order chi connectivity index (χ0) is 18.6. The number of rotatable bonds is 8. The van der Waals surface area contributed by atoms with E-state index in [4.69, 9.17) is 4.74 Å². The van der Waals surface area contributed by atoms with Crippen LogP contribution in [0, 0.1) is 5.82 Å². The third kappa shape index (κ3) is 5.42. The molecule has 1 aromatic carbocycles. The Morgan fingerprint density at radius 1 is 1.36 bits per heavy atom. The van der Waals surface area contributed by atoms with E-state index >= 15 is 0 Å². The van der Waals surface area contributed by atoms with Crippen LogP contribution in [0.15, 0.2) is 24.3 Å². The summed E-state index contributed by atoms with van der Waals surface area (Å²) in [6.45, 7) is 1.83. The number of hydrogen-bond donors (Lipinski definition) is 1. The van der Waals surface area contributed by atoms with Crippen LogP contribution in [0.1, 0.15) is 19.8 Å². The molecule has 0 radical (unpaired) electrons. The molecule has 2 rings (SSSR count). The van der Waals surface area contributed by atoms with E-state index in [1.54, 1.807) is 6.07 Å². The van der Waals surface area contributed by atoms with Gasteiger partial charge in [-0.1, -0.05) is 13.0 Å². The molecule has 25 heavy (non-hydrogen) atoms. The van der Waals surface area contributed by atoms with Gasteiger partial charge in [-0.15, -0.1) is 0 Å². The third-order valence-electron chi connectivity index (χ3n) is 3.82. The number of ether oxygens (including phenoxy) is 1. The van der Waals surface area contributed by atoms with Crippen LogP contribution in [-0.4, -0.2) is 56.0 Å². The van der Waals surface area contributed by atoms with Crippen molar-refractivity contribution in [2.45, 2.75) is 31.9 Å². The standard InChI is InChI=1S/C16H21FN2O5S/c1-3-12(24-13-6-4-5-11(17)9-13)10-19-15(20)14(18-16(19)21)7-8-25(2,22)23/h4-6,9,12,14H,3,7-8,10H2,1-2H3,(H,18,21)/t12-,14+/m0/s1. The zero-order valence-electron chi connectivity index (χ0n) is 14.1. The minimum Gasteiger partial charge on any atom is -0.488 e. The average molecular weight is 372 g/mol. The normalized spacial score (nSPS) is 19.0. The summed E-state index contributed by atoms with van der Waals surface area (Å²) in [4.78, 5) is 25.3. The fourth-order valence-corrected chi connectivity index (χ4v) is 3.13. The van der Waals surface area contributed by atoms with Gasteiger partial charge in [-0.25, -0.2) is 17.6 Å². The molecule has 0 spiro atoms. The van der Waals surface area contributed by atoms with Crippen molar-refractivity contribution in [3.05, 3.63) is 30.1 Å². The van der Waals surface area contributed by atoms with Gasteiger partial charge in [0.1, 0.15) is 33.5 Å². The molecule has 1 N–H and O–H groups in total. The molecular weight excluding hydrogens is 351 g/mol. The van der Waals surface area contributed by atoms with Gasteiger partial charge in [-0.05, 0) is 25.0 Å². The van der Waals surface area contributed by atoms with Crippen molar-refractivity contribution in [1.82, 2.24) is 10.2 Å². The first-order chi connectivity index (χ1) is 11.7. The van der Waals surface area contributed by atoms with Crippen LogP contribution in [0.5, 0.6) is 5.75 Å². The van der Waals surface area contributed by atoms with Crippen molar-refractivity contribution in [3.63, 3.8) is 0 Å². The molecular formula is C16H21FN2O5S. The molecule has 0 aromatic heterocycles. The minimum atomic E-state index is -3.22. The number of carbonyl (C=O) groups is 2. The lowest BCUT2D eigenvalue weighted by Crippen LogP contribution is -2.40. The van der Waals surface area contributed by atoms with Crippen LogP contribution in [0.2, 0.25) is 0 Å². The van der Waals surface area contributed by atoms with Crippen molar-refractivity contribution < 1.29 is 27.1 Å². The highest BCUT2D eigenvalue weighted by molar-refractivity contribution is 7.90. The first-order valence-electron chi connectivity index (χ1n) is 7.91. The molecule has 1 aliphatic rings. The number of hydrogen-bond acceptors (Lipinski definition) is 5. The number of benzene rings is 1. The van der Waals surface area contributed by atoms with E-state index in [1.807, 2.05) is 6.92 Å². The van der Waals surface area contributed by atoms with Gasteiger partial charge in [0.05, 0.1) is 12.3 Å². The van der Waals surface area contributed by atoms with E-state index in [0.29, 0.717) is 12.2 Å². The maximum absolute atomic E-state index is 13.2. The zero-order valence-corrected chi connectivity index (χ0v) is 14.9. The maximum Gasteiger partial charge on any atom is 0.324 e. The van der Waals surface area contributed by atoms with Crippen LogP contribution in [0.25, 0.3) is 0 Å². The van der Waals surface area contributed by atoms with Crippen molar-refractivity contribution >= 4 is 21.8 Å². The summed E-state index contributed by atoms with van der Waals surface area (Å²) in [5.41, 5.74) is 0. The Balaban J connectivity index is 1.99. The Morgan fingerprint density at radius 2 is 2.08 bits per heavy atom. The van der Waals surface area contributed by atoms with Crippen molar-refractivity contribution in [2.24, 2.45) is 0 Å². The van der Waals surface area contributed by atoms with Crippen molar-refractivity contribution in [3.8, 4) is 5.75 Å². The molecule has 1 saturated heterocycles. The van der Waals surface area contributed by atoms with Gasteiger partial charge in [0, 0.05) is 12.3 Å². The van der Waals surface area contributed by atoms with Gasteiger partial charge in [-0.2, -0.15) is 0 Å². The highest BCUT2D eigenvalue weighted by atomic mass is 32.2. The Kier molecular flexibility index (Phi) is 5.99. The van der Waals surface area contributed by atoms with Crippen LogP contribution in [-0.2, 0) is 14.6 Å². The van der Waals surface area contributed by atoms with Crippen LogP contribution in [0.3, 0.4) is 0 Å². The Bertz CT molecular complexity index is 753. The maximum atomic E-state index is 13.2. The predicted octanol–water partition coefficient (Wildman–Crippen LogP) is 1.34. The quantitative estimate of drug-likeness (QED) is 0.695. The number of urea groups is 1. The fraction of sp³-hybridized carbons (Fsp3) is 0.500. The molecule has 1 fully saturated rings. The van der Waals surface area contributed by atoms with Crippen LogP contribution < -0.4 is 10.1 Å². The molecule has 1 heterocycles. The number of nitrogens with one attached hydrogen (secondary N) is 1. The molecule has 138 valence electrons. The monoisotopic (exact) mass is 372 g/mol. The average Bonchev–Trinajstić information content (AvgIpc) is 2.79. The van der Waals surface area contributed by atoms with E-state index in [9.17, 15) is 22.4 Å². The Hall–Kier alpha value is -2.16. The Labute approximate surface area is 146 Å². The molecule has 2 atom stereocenters. The van der Waals surface area contributed by atoms with E-state index in [0.717, 1.165) is 11.2 Å². The number of halogens is 1. The molecule has 1 aliphatic heterocycles. The third-order valence-corrected chi connectivity index (χ3v) is 4.80. The largest absolute Gasteiger partial charge is 0.488 e. The number of sulfone groups is 1. The summed E-state index contributed by atoms with van der Waals surface area (Å²) in [5, 5.41) is 2.49. The number of imide groups is 1. The second-order valence-electron chi connectivity index (χ2n) is 5.97. The number of nitrogens with zero attached hydrogens (tertiary/aromatic N) is 1. The SMILES string of the molecule is CC[C@@H](CN1C(=O)N[C@H](CCS(C)(=O)=O)C1=O)Oc1cccc(F)c1. The van der Waals surface area contributed by atoms with Gasteiger partial charge in [0.2, 0.25) is 0 Å². The molecule has 0 unspecified atom stereocenters. The summed E-state index contributed by atoms with van der Waals surface area (Å²) in [7, 11) is -3.22. The van der Waals surface area contributed by atoms with Gasteiger partial charge < -0.3 is 10.1 Å². The number of amides is 3. The van der Waals surface area contributed by atoms with E-state index < -0.39 is 39.7 Å². The van der Waals surface area contributed by atoms with Gasteiger partial charge in [-0.3, -0.25) is 9.69 Å². The summed E-state index contributed by atoms with van der Waals surface area (Å²) >= 11 is 0. The molecule has 7 nitrogen and oxygen atoms in total. The first-order valence-corrected chi connectivity index (χ1v) is 9.97. The molecule has 0 saturated carbocycles. The highest BCUT2D eigenvalue weighted by Crippen LogP contribution is 2.18. The van der Waals surface area contributed by atoms with Crippen LogP contribution in [0.4, 0.5) is 9.18 Å². The molecule has 0 bridgehead atoms. The second-order valence-corrected chi connectivity index (χ2v) is 8.23. The van der Waals surface area contributed by atoms with Crippen molar-refractivity contribution in [2.75, 3.05) is 18.6 Å². The van der Waals surface area contributed by atoms with Crippen LogP contribution >= 0.6 is 0 Å². The summed E-state index contributed by atoms with van der Waals surface area (Å²) in [5.74, 6) is -0.792. The molecule has 9 heteroatoms. The molecule has 1 aromatic rings. The molecule has 0 aliphatic carbocycles. The summed E-state index contributed by atoms with van der Waals surface area (Å²) in [6, 6.07) is 4.18. The lowest BCUT2D eigenvalue weighted by molar-refractivity contribution is -0.128. The predicted molar refractivity (Wildman–Crippen MR) is 89.5 cm³/mol. The molecule has 3 amide bonds. The van der Waals surface area contributed by atoms with E-state index in [-0.39, 0.29) is 18.7 Å². The minimum absolute atomic E-state index is 0.00700. The Morgan fingerprint density at radius 3 is 2.68 bits per heavy atom. The van der Waals surface area contributed by atoms with Crippen molar-refractivity contribution in [1.29, 1.82) is 0 Å². The summed E-state index contributed by atoms with van der Waals surface area (Å²) in [6.07, 6.45) is 1.11. The second kappa shape index (κ2) is 7.81.